The molecule has 1 atom stereocenters. The topological polar surface area (TPSA) is 20.2 Å². The Balaban J connectivity index is 2.02. The first kappa shape index (κ1) is 14.1. The molecule has 0 aliphatic heterocycles. The molecule has 0 spiro atoms. The van der Waals surface area contributed by atoms with Crippen LogP contribution in [0.1, 0.15) is 51.0 Å². The van der Waals surface area contributed by atoms with E-state index in [1.807, 2.05) is 6.92 Å². The van der Waals surface area contributed by atoms with Gasteiger partial charge in [0.25, 0.3) is 0 Å². The first-order chi connectivity index (χ1) is 8.58. The quantitative estimate of drug-likeness (QED) is 0.801. The van der Waals surface area contributed by atoms with Crippen molar-refractivity contribution in [3.63, 3.8) is 0 Å². The van der Waals surface area contributed by atoms with Gasteiger partial charge in [0.05, 0.1) is 5.60 Å². The average molecular weight is 311 g/mol. The molecule has 0 radical (unpaired) electrons. The third kappa shape index (κ3) is 3.83. The van der Waals surface area contributed by atoms with Crippen LogP contribution in [-0.2, 0) is 6.42 Å². The monoisotopic (exact) mass is 310 g/mol. The summed E-state index contributed by atoms with van der Waals surface area (Å²) in [5.41, 5.74) is 0.672. The van der Waals surface area contributed by atoms with Crippen LogP contribution in [0, 0.1) is 5.92 Å². The van der Waals surface area contributed by atoms with Crippen molar-refractivity contribution >= 4 is 15.9 Å². The van der Waals surface area contributed by atoms with Gasteiger partial charge >= 0.3 is 0 Å². The Bertz CT molecular complexity index is 361. The Kier molecular flexibility index (Phi) is 4.85. The van der Waals surface area contributed by atoms with E-state index in [4.69, 9.17) is 0 Å². The average Bonchev–Trinajstić information content (AvgIpc) is 2.61. The highest BCUT2D eigenvalue weighted by Gasteiger charge is 2.32. The minimum Gasteiger partial charge on any atom is -0.390 e. The molecule has 1 aliphatic rings. The summed E-state index contributed by atoms with van der Waals surface area (Å²) in [6, 6.07) is 8.32. The second-order valence-electron chi connectivity index (χ2n) is 5.85. The van der Waals surface area contributed by atoms with Crippen molar-refractivity contribution in [3.8, 4) is 0 Å². The maximum absolute atomic E-state index is 10.8. The van der Waals surface area contributed by atoms with Gasteiger partial charge in [0.2, 0.25) is 0 Å². The second-order valence-corrected chi connectivity index (χ2v) is 6.76. The molecule has 1 aliphatic carbocycles. The Labute approximate surface area is 119 Å². The van der Waals surface area contributed by atoms with E-state index in [1.54, 1.807) is 0 Å². The fourth-order valence-electron chi connectivity index (χ4n) is 3.06. The fraction of sp³-hybridized carbons (Fsp3) is 0.625. The molecule has 0 amide bonds. The number of aliphatic hydroxyl groups is 1. The van der Waals surface area contributed by atoms with E-state index in [0.717, 1.165) is 10.9 Å². The van der Waals surface area contributed by atoms with Crippen molar-refractivity contribution in [2.75, 3.05) is 0 Å². The highest BCUT2D eigenvalue weighted by molar-refractivity contribution is 9.10. The summed E-state index contributed by atoms with van der Waals surface area (Å²) in [6.07, 6.45) is 8.37. The van der Waals surface area contributed by atoms with E-state index >= 15 is 0 Å². The summed E-state index contributed by atoms with van der Waals surface area (Å²) in [6.45, 7) is 2.02. The second kappa shape index (κ2) is 6.21. The Hall–Kier alpha value is -0.340. The van der Waals surface area contributed by atoms with Gasteiger partial charge in [-0.25, -0.2) is 0 Å². The Morgan fingerprint density at radius 1 is 1.11 bits per heavy atom. The smallest absolute Gasteiger partial charge is 0.0687 e. The van der Waals surface area contributed by atoms with E-state index in [2.05, 4.69) is 40.2 Å². The Morgan fingerprint density at radius 3 is 2.22 bits per heavy atom. The maximum Gasteiger partial charge on any atom is 0.0687 e. The van der Waals surface area contributed by atoms with Crippen LogP contribution in [0.15, 0.2) is 28.7 Å². The van der Waals surface area contributed by atoms with Gasteiger partial charge in [-0.2, -0.15) is 0 Å². The van der Waals surface area contributed by atoms with Crippen LogP contribution < -0.4 is 0 Å². The van der Waals surface area contributed by atoms with Crippen LogP contribution in [0.4, 0.5) is 0 Å². The third-order valence-electron chi connectivity index (χ3n) is 4.21. The predicted molar refractivity (Wildman–Crippen MR) is 79.7 cm³/mol. The zero-order valence-electron chi connectivity index (χ0n) is 11.2. The standard InChI is InChI=1S/C16H23BrO/c1-16(18,14-6-4-2-3-5-7-14)12-13-8-10-15(17)11-9-13/h8-11,14,18H,2-7,12H2,1H3. The molecule has 1 N–H and O–H groups in total. The summed E-state index contributed by atoms with van der Waals surface area (Å²) >= 11 is 3.45. The van der Waals surface area contributed by atoms with Crippen LogP contribution in [0.5, 0.6) is 0 Å². The van der Waals surface area contributed by atoms with Gasteiger partial charge in [0, 0.05) is 10.9 Å². The third-order valence-corrected chi connectivity index (χ3v) is 4.74. The number of hydrogen-bond acceptors (Lipinski definition) is 1. The highest BCUT2D eigenvalue weighted by Crippen LogP contribution is 2.33. The van der Waals surface area contributed by atoms with Crippen molar-refractivity contribution in [2.45, 2.75) is 57.5 Å². The Morgan fingerprint density at radius 2 is 1.67 bits per heavy atom. The SMILES string of the molecule is CC(O)(Cc1ccc(Br)cc1)C1CCCCCC1. The number of halogens is 1. The molecule has 0 heterocycles. The van der Waals surface area contributed by atoms with Gasteiger partial charge in [-0.3, -0.25) is 0 Å². The first-order valence-electron chi connectivity index (χ1n) is 7.05. The van der Waals surface area contributed by atoms with Crippen LogP contribution in [0.2, 0.25) is 0 Å². The molecule has 1 aromatic rings. The normalized spacial score (nSPS) is 21.3. The molecule has 100 valence electrons. The molecular weight excluding hydrogens is 288 g/mol. The fourth-order valence-corrected chi connectivity index (χ4v) is 3.33. The van der Waals surface area contributed by atoms with Crippen LogP contribution in [0.3, 0.4) is 0 Å². The largest absolute Gasteiger partial charge is 0.390 e. The zero-order valence-corrected chi connectivity index (χ0v) is 12.7. The summed E-state index contributed by atoms with van der Waals surface area (Å²) in [5.74, 6) is 0.462. The van der Waals surface area contributed by atoms with E-state index in [-0.39, 0.29) is 0 Å². The molecule has 2 heteroatoms. The molecule has 1 aromatic carbocycles. The molecule has 1 fully saturated rings. The van der Waals surface area contributed by atoms with Crippen molar-refractivity contribution in [1.82, 2.24) is 0 Å². The van der Waals surface area contributed by atoms with Crippen molar-refractivity contribution in [1.29, 1.82) is 0 Å². The van der Waals surface area contributed by atoms with Crippen LogP contribution >= 0.6 is 15.9 Å². The van der Waals surface area contributed by atoms with Crippen molar-refractivity contribution in [2.24, 2.45) is 5.92 Å². The molecule has 18 heavy (non-hydrogen) atoms. The van der Waals surface area contributed by atoms with Crippen molar-refractivity contribution < 1.29 is 5.11 Å². The lowest BCUT2D eigenvalue weighted by molar-refractivity contribution is -0.00715. The molecule has 1 unspecified atom stereocenters. The minimum absolute atomic E-state index is 0.462. The van der Waals surface area contributed by atoms with Gasteiger partial charge in [0.15, 0.2) is 0 Å². The number of rotatable bonds is 3. The van der Waals surface area contributed by atoms with E-state index in [0.29, 0.717) is 5.92 Å². The van der Waals surface area contributed by atoms with Gasteiger partial charge in [-0.1, -0.05) is 53.7 Å². The summed E-state index contributed by atoms with van der Waals surface area (Å²) < 4.78 is 1.10. The molecule has 0 saturated heterocycles. The lowest BCUT2D eigenvalue weighted by Gasteiger charge is -2.32. The lowest BCUT2D eigenvalue weighted by atomic mass is 9.79. The highest BCUT2D eigenvalue weighted by atomic mass is 79.9. The van der Waals surface area contributed by atoms with E-state index < -0.39 is 5.60 Å². The molecule has 2 rings (SSSR count). The summed E-state index contributed by atoms with van der Waals surface area (Å²) in [7, 11) is 0. The maximum atomic E-state index is 10.8. The molecular formula is C16H23BrO. The summed E-state index contributed by atoms with van der Waals surface area (Å²) in [4.78, 5) is 0. The molecule has 1 saturated carbocycles. The number of hydrogen-bond donors (Lipinski definition) is 1. The van der Waals surface area contributed by atoms with Gasteiger partial charge in [-0.05, 0) is 43.4 Å². The van der Waals surface area contributed by atoms with Crippen molar-refractivity contribution in [3.05, 3.63) is 34.3 Å². The van der Waals surface area contributed by atoms with Gasteiger partial charge < -0.3 is 5.11 Å². The first-order valence-corrected chi connectivity index (χ1v) is 7.84. The number of benzene rings is 1. The van der Waals surface area contributed by atoms with E-state index in [1.165, 1.54) is 44.1 Å². The summed E-state index contributed by atoms with van der Waals surface area (Å²) in [5, 5.41) is 10.8. The minimum atomic E-state index is -0.557. The molecule has 0 bridgehead atoms. The van der Waals surface area contributed by atoms with Gasteiger partial charge in [-0.15, -0.1) is 0 Å². The molecule has 1 nitrogen and oxygen atoms in total. The van der Waals surface area contributed by atoms with Crippen LogP contribution in [-0.4, -0.2) is 10.7 Å². The molecule has 0 aromatic heterocycles. The van der Waals surface area contributed by atoms with Crippen LogP contribution in [0.25, 0.3) is 0 Å². The van der Waals surface area contributed by atoms with E-state index in [9.17, 15) is 5.11 Å². The lowest BCUT2D eigenvalue weighted by Crippen LogP contribution is -2.36. The zero-order chi connectivity index (χ0) is 13.0. The predicted octanol–water partition coefficient (Wildman–Crippen LogP) is 4.71. The van der Waals surface area contributed by atoms with Gasteiger partial charge in [0.1, 0.15) is 0 Å².